The van der Waals surface area contributed by atoms with E-state index in [-0.39, 0.29) is 42.6 Å². The molecule has 6 heteroatoms. The van der Waals surface area contributed by atoms with E-state index in [9.17, 15) is 14.4 Å². The third-order valence-electron chi connectivity index (χ3n) is 4.27. The second-order valence-corrected chi connectivity index (χ2v) is 7.34. The lowest BCUT2D eigenvalue weighted by Crippen LogP contribution is -2.36. The third-order valence-corrected chi connectivity index (χ3v) is 5.23. The van der Waals surface area contributed by atoms with Gasteiger partial charge in [0.25, 0.3) is 11.8 Å². The van der Waals surface area contributed by atoms with Crippen LogP contribution in [0.3, 0.4) is 0 Å². The van der Waals surface area contributed by atoms with Crippen LogP contribution in [-0.4, -0.2) is 29.2 Å². The first-order chi connectivity index (χ1) is 12.0. The molecule has 1 aromatic heterocycles. The summed E-state index contributed by atoms with van der Waals surface area (Å²) in [6.45, 7) is 4.19. The van der Waals surface area contributed by atoms with Crippen molar-refractivity contribution in [3.63, 3.8) is 0 Å². The van der Waals surface area contributed by atoms with Crippen LogP contribution in [0.5, 0.6) is 0 Å². The van der Waals surface area contributed by atoms with Gasteiger partial charge in [-0.25, -0.2) is 0 Å². The van der Waals surface area contributed by atoms with Gasteiger partial charge in [0.15, 0.2) is 0 Å². The Labute approximate surface area is 150 Å². The Hall–Kier alpha value is -2.47. The minimum atomic E-state index is -0.327. The predicted molar refractivity (Wildman–Crippen MR) is 96.5 cm³/mol. The summed E-state index contributed by atoms with van der Waals surface area (Å²) in [6, 6.07) is 10.6. The molecule has 1 aliphatic heterocycles. The highest BCUT2D eigenvalue weighted by atomic mass is 32.1. The second-order valence-electron chi connectivity index (χ2n) is 6.36. The van der Waals surface area contributed by atoms with E-state index in [1.54, 1.807) is 35.6 Å². The van der Waals surface area contributed by atoms with Gasteiger partial charge in [0.2, 0.25) is 5.91 Å². The minimum Gasteiger partial charge on any atom is -0.348 e. The van der Waals surface area contributed by atoms with E-state index in [0.29, 0.717) is 11.1 Å². The summed E-state index contributed by atoms with van der Waals surface area (Å²) in [7, 11) is 0. The maximum Gasteiger partial charge on any atom is 0.261 e. The van der Waals surface area contributed by atoms with E-state index >= 15 is 0 Å². The van der Waals surface area contributed by atoms with Crippen LogP contribution < -0.4 is 5.32 Å². The first kappa shape index (κ1) is 17.4. The molecule has 1 atom stereocenters. The van der Waals surface area contributed by atoms with Gasteiger partial charge in [0.05, 0.1) is 17.2 Å². The van der Waals surface area contributed by atoms with Crippen molar-refractivity contribution < 1.29 is 14.4 Å². The molecule has 25 heavy (non-hydrogen) atoms. The summed E-state index contributed by atoms with van der Waals surface area (Å²) in [5.41, 5.74) is 0.818. The van der Waals surface area contributed by atoms with E-state index in [1.165, 1.54) is 0 Å². The van der Waals surface area contributed by atoms with Crippen LogP contribution >= 0.6 is 11.3 Å². The predicted octanol–water partition coefficient (Wildman–Crippen LogP) is 3.25. The van der Waals surface area contributed by atoms with Crippen LogP contribution in [-0.2, 0) is 4.79 Å². The third kappa shape index (κ3) is 3.49. The molecule has 0 bridgehead atoms. The van der Waals surface area contributed by atoms with Crippen LogP contribution in [0.15, 0.2) is 41.8 Å². The van der Waals surface area contributed by atoms with Crippen molar-refractivity contribution in [3.05, 3.63) is 57.8 Å². The topological polar surface area (TPSA) is 66.5 Å². The van der Waals surface area contributed by atoms with Gasteiger partial charge in [-0.3, -0.25) is 19.3 Å². The quantitative estimate of drug-likeness (QED) is 0.808. The monoisotopic (exact) mass is 356 g/mol. The van der Waals surface area contributed by atoms with Crippen molar-refractivity contribution >= 4 is 29.1 Å². The van der Waals surface area contributed by atoms with E-state index in [1.807, 2.05) is 17.5 Å². The SMILES string of the molecule is CC(C)[C@H](NC(=O)CCN1C(=O)c2ccccc2C1=O)c1cccs1. The molecule has 5 nitrogen and oxygen atoms in total. The summed E-state index contributed by atoms with van der Waals surface area (Å²) in [5, 5.41) is 5.00. The number of nitrogens with one attached hydrogen (secondary N) is 1. The first-order valence-electron chi connectivity index (χ1n) is 8.27. The molecule has 0 spiro atoms. The van der Waals surface area contributed by atoms with Crippen molar-refractivity contribution in [2.24, 2.45) is 5.92 Å². The van der Waals surface area contributed by atoms with Gasteiger partial charge < -0.3 is 5.32 Å². The molecule has 0 unspecified atom stereocenters. The molecule has 0 saturated carbocycles. The molecule has 130 valence electrons. The number of carbonyl (C=O) groups excluding carboxylic acids is 3. The Morgan fingerprint density at radius 1 is 1.08 bits per heavy atom. The number of hydrogen-bond donors (Lipinski definition) is 1. The lowest BCUT2D eigenvalue weighted by molar-refractivity contribution is -0.122. The highest BCUT2D eigenvalue weighted by Crippen LogP contribution is 2.26. The van der Waals surface area contributed by atoms with Crippen molar-refractivity contribution in [2.45, 2.75) is 26.3 Å². The first-order valence-corrected chi connectivity index (χ1v) is 9.15. The molecular weight excluding hydrogens is 336 g/mol. The zero-order valence-electron chi connectivity index (χ0n) is 14.2. The van der Waals surface area contributed by atoms with Gasteiger partial charge in [-0.05, 0) is 29.5 Å². The molecule has 3 rings (SSSR count). The highest BCUT2D eigenvalue weighted by molar-refractivity contribution is 7.10. The van der Waals surface area contributed by atoms with Crippen molar-refractivity contribution in [1.29, 1.82) is 0 Å². The van der Waals surface area contributed by atoms with Crippen LogP contribution in [0.1, 0.15) is 51.9 Å². The standard InChI is InChI=1S/C19H20N2O3S/c1-12(2)17(15-8-5-11-25-15)20-16(22)9-10-21-18(23)13-6-3-4-7-14(13)19(21)24/h3-8,11-12,17H,9-10H2,1-2H3,(H,20,22)/t17-/m0/s1. The maximum atomic E-state index is 12.3. The molecule has 0 aliphatic carbocycles. The molecule has 1 N–H and O–H groups in total. The molecule has 3 amide bonds. The van der Waals surface area contributed by atoms with E-state index in [2.05, 4.69) is 19.2 Å². The summed E-state index contributed by atoms with van der Waals surface area (Å²) >= 11 is 1.60. The molecule has 2 heterocycles. The van der Waals surface area contributed by atoms with Gasteiger partial charge >= 0.3 is 0 Å². The number of amides is 3. The number of imide groups is 1. The van der Waals surface area contributed by atoms with E-state index in [4.69, 9.17) is 0 Å². The fourth-order valence-electron chi connectivity index (χ4n) is 2.94. The molecule has 0 saturated heterocycles. The Morgan fingerprint density at radius 2 is 1.72 bits per heavy atom. The summed E-state index contributed by atoms with van der Waals surface area (Å²) in [6.07, 6.45) is 0.0973. The molecule has 0 fully saturated rings. The lowest BCUT2D eigenvalue weighted by atomic mass is 10.0. The molecule has 0 radical (unpaired) electrons. The zero-order chi connectivity index (χ0) is 18.0. The fourth-order valence-corrected chi connectivity index (χ4v) is 3.88. The summed E-state index contributed by atoms with van der Waals surface area (Å²) < 4.78 is 0. The number of hydrogen-bond acceptors (Lipinski definition) is 4. The maximum absolute atomic E-state index is 12.3. The van der Waals surface area contributed by atoms with Crippen molar-refractivity contribution in [3.8, 4) is 0 Å². The van der Waals surface area contributed by atoms with Gasteiger partial charge in [-0.1, -0.05) is 32.0 Å². The van der Waals surface area contributed by atoms with Crippen LogP contribution in [0.25, 0.3) is 0 Å². The Kier molecular flexibility index (Phi) is 4.99. The van der Waals surface area contributed by atoms with Crippen LogP contribution in [0, 0.1) is 5.92 Å². The van der Waals surface area contributed by atoms with Gasteiger partial charge in [0, 0.05) is 17.8 Å². The number of thiophene rings is 1. The average Bonchev–Trinajstić information content (AvgIpc) is 3.20. The van der Waals surface area contributed by atoms with Crippen LogP contribution in [0.4, 0.5) is 0 Å². The summed E-state index contributed by atoms with van der Waals surface area (Å²) in [5.74, 6) is -0.565. The molecule has 1 aliphatic rings. The molecule has 2 aromatic rings. The number of rotatable bonds is 6. The average molecular weight is 356 g/mol. The number of carbonyl (C=O) groups is 3. The largest absolute Gasteiger partial charge is 0.348 e. The van der Waals surface area contributed by atoms with Gasteiger partial charge in [-0.15, -0.1) is 11.3 Å². The Morgan fingerprint density at radius 3 is 2.24 bits per heavy atom. The normalized spacial score (nSPS) is 14.8. The fraction of sp³-hybridized carbons (Fsp3) is 0.316. The molecule has 1 aromatic carbocycles. The Bertz CT molecular complexity index is 764. The van der Waals surface area contributed by atoms with E-state index < -0.39 is 0 Å². The lowest BCUT2D eigenvalue weighted by Gasteiger charge is -2.22. The Balaban J connectivity index is 1.61. The van der Waals surface area contributed by atoms with Crippen molar-refractivity contribution in [1.82, 2.24) is 10.2 Å². The van der Waals surface area contributed by atoms with Crippen molar-refractivity contribution in [2.75, 3.05) is 6.54 Å². The smallest absolute Gasteiger partial charge is 0.261 e. The number of fused-ring (bicyclic) bond motifs is 1. The zero-order valence-corrected chi connectivity index (χ0v) is 15.0. The van der Waals surface area contributed by atoms with Gasteiger partial charge in [-0.2, -0.15) is 0 Å². The van der Waals surface area contributed by atoms with E-state index in [0.717, 1.165) is 9.78 Å². The van der Waals surface area contributed by atoms with Gasteiger partial charge in [0.1, 0.15) is 0 Å². The summed E-state index contributed by atoms with van der Waals surface area (Å²) in [4.78, 5) is 39.2. The number of benzene rings is 1. The highest BCUT2D eigenvalue weighted by Gasteiger charge is 2.35. The minimum absolute atomic E-state index is 0.0605. The number of nitrogens with zero attached hydrogens (tertiary/aromatic N) is 1. The molecular formula is C19H20N2O3S. The van der Waals surface area contributed by atoms with Crippen LogP contribution in [0.2, 0.25) is 0 Å². The second kappa shape index (κ2) is 7.19.